The number of rotatable bonds is 7. The fraction of sp³-hybridized carbons (Fsp3) is 0.400. The van der Waals surface area contributed by atoms with Crippen molar-refractivity contribution in [1.82, 2.24) is 15.1 Å². The molecule has 0 unspecified atom stereocenters. The molecule has 0 saturated carbocycles. The molecule has 0 aliphatic carbocycles. The van der Waals surface area contributed by atoms with Crippen molar-refractivity contribution in [3.8, 4) is 17.2 Å². The van der Waals surface area contributed by atoms with Gasteiger partial charge in [0.25, 0.3) is 0 Å². The minimum atomic E-state index is 0.0239. The van der Waals surface area contributed by atoms with Crippen LogP contribution in [0.3, 0.4) is 0 Å². The Morgan fingerprint density at radius 2 is 1.90 bits per heavy atom. The Bertz CT molecular complexity index is 571. The van der Waals surface area contributed by atoms with Crippen LogP contribution in [0, 0.1) is 6.92 Å². The van der Waals surface area contributed by atoms with Crippen molar-refractivity contribution >= 4 is 0 Å². The van der Waals surface area contributed by atoms with Gasteiger partial charge in [-0.25, -0.2) is 0 Å². The zero-order valence-corrected chi connectivity index (χ0v) is 12.6. The Balaban J connectivity index is 1.90. The largest absolute Gasteiger partial charge is 0.502 e. The third-order valence-corrected chi connectivity index (χ3v) is 3.15. The van der Waals surface area contributed by atoms with Crippen molar-refractivity contribution in [3.05, 3.63) is 35.7 Å². The van der Waals surface area contributed by atoms with E-state index in [9.17, 15) is 5.11 Å². The molecule has 114 valence electrons. The predicted octanol–water partition coefficient (Wildman–Crippen LogP) is 1.70. The molecule has 0 fully saturated rings. The average Bonchev–Trinajstić information content (AvgIpc) is 2.90. The third kappa shape index (κ3) is 3.88. The summed E-state index contributed by atoms with van der Waals surface area (Å²) in [6.07, 6.45) is 3.85. The van der Waals surface area contributed by atoms with Crippen LogP contribution in [0.25, 0.3) is 0 Å². The molecule has 0 radical (unpaired) electrons. The second-order valence-corrected chi connectivity index (χ2v) is 4.81. The molecular weight excluding hydrogens is 270 g/mol. The first-order valence-electron chi connectivity index (χ1n) is 6.77. The molecule has 0 aliphatic rings. The van der Waals surface area contributed by atoms with Gasteiger partial charge >= 0.3 is 0 Å². The Kier molecular flexibility index (Phi) is 5.05. The van der Waals surface area contributed by atoms with Gasteiger partial charge < -0.3 is 19.9 Å². The summed E-state index contributed by atoms with van der Waals surface area (Å²) in [6.45, 7) is 4.28. The maximum Gasteiger partial charge on any atom is 0.200 e. The zero-order valence-electron chi connectivity index (χ0n) is 12.6. The van der Waals surface area contributed by atoms with Gasteiger partial charge in [0.2, 0.25) is 5.75 Å². The lowest BCUT2D eigenvalue weighted by Crippen LogP contribution is -2.19. The molecule has 0 aliphatic heterocycles. The van der Waals surface area contributed by atoms with Gasteiger partial charge in [-0.2, -0.15) is 5.10 Å². The Labute approximate surface area is 124 Å². The third-order valence-electron chi connectivity index (χ3n) is 3.15. The number of phenolic OH excluding ortho intramolecular Hbond substituents is 1. The summed E-state index contributed by atoms with van der Waals surface area (Å²) < 4.78 is 12.2. The fourth-order valence-corrected chi connectivity index (χ4v) is 2.07. The highest BCUT2D eigenvalue weighted by molar-refractivity contribution is 5.52. The van der Waals surface area contributed by atoms with Crippen molar-refractivity contribution < 1.29 is 14.6 Å². The average molecular weight is 291 g/mol. The molecule has 2 N–H and O–H groups in total. The first-order chi connectivity index (χ1) is 10.1. The molecule has 2 aromatic rings. The number of ether oxygens (including phenoxy) is 2. The first-order valence-corrected chi connectivity index (χ1v) is 6.77. The summed E-state index contributed by atoms with van der Waals surface area (Å²) in [5.41, 5.74) is 2.14. The first kappa shape index (κ1) is 15.2. The second kappa shape index (κ2) is 6.99. The maximum atomic E-state index is 9.85. The van der Waals surface area contributed by atoms with E-state index in [0.717, 1.165) is 24.2 Å². The summed E-state index contributed by atoms with van der Waals surface area (Å²) >= 11 is 0. The van der Waals surface area contributed by atoms with Crippen LogP contribution in [-0.2, 0) is 13.1 Å². The highest BCUT2D eigenvalue weighted by Crippen LogP contribution is 2.36. The highest BCUT2D eigenvalue weighted by Gasteiger charge is 2.10. The molecule has 1 aromatic heterocycles. The fourth-order valence-electron chi connectivity index (χ4n) is 2.07. The SMILES string of the molecule is COc1cc(CNCCn2cc(C)cn2)cc(OC)c1O. The molecule has 0 amide bonds. The number of methoxy groups -OCH3 is 2. The van der Waals surface area contributed by atoms with E-state index in [2.05, 4.69) is 10.4 Å². The number of benzene rings is 1. The Hall–Kier alpha value is -2.21. The van der Waals surface area contributed by atoms with Gasteiger partial charge in [0, 0.05) is 19.3 Å². The molecule has 0 saturated heterocycles. The van der Waals surface area contributed by atoms with Gasteiger partial charge in [-0.15, -0.1) is 0 Å². The minimum absolute atomic E-state index is 0.0239. The van der Waals surface area contributed by atoms with Crippen molar-refractivity contribution in [3.63, 3.8) is 0 Å². The van der Waals surface area contributed by atoms with Gasteiger partial charge in [0.15, 0.2) is 11.5 Å². The highest BCUT2D eigenvalue weighted by atomic mass is 16.5. The van der Waals surface area contributed by atoms with E-state index in [-0.39, 0.29) is 5.75 Å². The molecule has 0 atom stereocenters. The van der Waals surface area contributed by atoms with Crippen LogP contribution in [0.2, 0.25) is 0 Å². The van der Waals surface area contributed by atoms with Crippen LogP contribution in [-0.4, -0.2) is 35.7 Å². The number of nitrogens with zero attached hydrogens (tertiary/aromatic N) is 2. The summed E-state index contributed by atoms with van der Waals surface area (Å²) in [6, 6.07) is 3.59. The van der Waals surface area contributed by atoms with Crippen molar-refractivity contribution in [1.29, 1.82) is 0 Å². The Morgan fingerprint density at radius 3 is 2.43 bits per heavy atom. The van der Waals surface area contributed by atoms with Gasteiger partial charge in [0.1, 0.15) is 0 Å². The predicted molar refractivity (Wildman–Crippen MR) is 79.9 cm³/mol. The van der Waals surface area contributed by atoms with Crippen LogP contribution < -0.4 is 14.8 Å². The summed E-state index contributed by atoms with van der Waals surface area (Å²) in [5.74, 6) is 0.846. The molecule has 6 heteroatoms. The summed E-state index contributed by atoms with van der Waals surface area (Å²) in [5, 5.41) is 17.4. The smallest absolute Gasteiger partial charge is 0.200 e. The number of aromatic hydroxyl groups is 1. The van der Waals surface area contributed by atoms with Gasteiger partial charge in [-0.3, -0.25) is 4.68 Å². The maximum absolute atomic E-state index is 9.85. The zero-order chi connectivity index (χ0) is 15.2. The molecule has 6 nitrogen and oxygen atoms in total. The van der Waals surface area contributed by atoms with Crippen LogP contribution in [0.15, 0.2) is 24.5 Å². The molecule has 0 bridgehead atoms. The lowest BCUT2D eigenvalue weighted by Gasteiger charge is -2.12. The van der Waals surface area contributed by atoms with E-state index in [4.69, 9.17) is 9.47 Å². The van der Waals surface area contributed by atoms with Gasteiger partial charge in [0.05, 0.1) is 27.0 Å². The van der Waals surface area contributed by atoms with Gasteiger partial charge in [-0.1, -0.05) is 0 Å². The van der Waals surface area contributed by atoms with E-state index in [1.165, 1.54) is 14.2 Å². The van der Waals surface area contributed by atoms with Crippen molar-refractivity contribution in [2.75, 3.05) is 20.8 Å². The van der Waals surface area contributed by atoms with E-state index < -0.39 is 0 Å². The molecular formula is C15H21N3O3. The minimum Gasteiger partial charge on any atom is -0.502 e. The lowest BCUT2D eigenvalue weighted by molar-refractivity contribution is 0.339. The van der Waals surface area contributed by atoms with Gasteiger partial charge in [-0.05, 0) is 30.2 Å². The van der Waals surface area contributed by atoms with Crippen LogP contribution in [0.4, 0.5) is 0 Å². The number of hydrogen-bond donors (Lipinski definition) is 2. The summed E-state index contributed by atoms with van der Waals surface area (Å²) in [4.78, 5) is 0. The quantitative estimate of drug-likeness (QED) is 0.760. The molecule has 1 aromatic carbocycles. The monoisotopic (exact) mass is 291 g/mol. The van der Waals surface area contributed by atoms with Crippen LogP contribution >= 0.6 is 0 Å². The van der Waals surface area contributed by atoms with Crippen LogP contribution in [0.5, 0.6) is 17.2 Å². The number of nitrogens with one attached hydrogen (secondary N) is 1. The Morgan fingerprint density at radius 1 is 1.24 bits per heavy atom. The molecule has 2 rings (SSSR count). The number of aryl methyl sites for hydroxylation is 1. The molecule has 21 heavy (non-hydrogen) atoms. The van der Waals surface area contributed by atoms with E-state index in [1.807, 2.05) is 24.0 Å². The van der Waals surface area contributed by atoms with E-state index in [0.29, 0.717) is 18.0 Å². The normalized spacial score (nSPS) is 10.6. The van der Waals surface area contributed by atoms with Crippen molar-refractivity contribution in [2.45, 2.75) is 20.0 Å². The standard InChI is InChI=1S/C15H21N3O3/c1-11-8-17-18(10-11)5-4-16-9-12-6-13(20-2)15(19)14(7-12)21-3/h6-8,10,16,19H,4-5,9H2,1-3H3. The number of aromatic nitrogens is 2. The van der Waals surface area contributed by atoms with Crippen LogP contribution in [0.1, 0.15) is 11.1 Å². The second-order valence-electron chi connectivity index (χ2n) is 4.81. The topological polar surface area (TPSA) is 68.5 Å². The number of hydrogen-bond acceptors (Lipinski definition) is 5. The van der Waals surface area contributed by atoms with E-state index >= 15 is 0 Å². The molecule has 0 spiro atoms. The van der Waals surface area contributed by atoms with Crippen molar-refractivity contribution in [2.24, 2.45) is 0 Å². The number of phenols is 1. The summed E-state index contributed by atoms with van der Waals surface area (Å²) in [7, 11) is 3.04. The lowest BCUT2D eigenvalue weighted by atomic mass is 10.2. The molecule has 1 heterocycles. The van der Waals surface area contributed by atoms with E-state index in [1.54, 1.807) is 12.1 Å².